The van der Waals surface area contributed by atoms with E-state index in [0.29, 0.717) is 13.0 Å². The van der Waals surface area contributed by atoms with Crippen LogP contribution in [0.5, 0.6) is 0 Å². The molecule has 0 aromatic carbocycles. The molecule has 0 aromatic heterocycles. The van der Waals surface area contributed by atoms with Crippen molar-refractivity contribution in [3.63, 3.8) is 0 Å². The highest BCUT2D eigenvalue weighted by Crippen LogP contribution is 2.14. The fraction of sp³-hybridized carbons (Fsp3) is 0.800. The molecule has 0 aromatic rings. The number of carbonyl (C=O) groups is 1. The Kier molecular flexibility index (Phi) is 20.7. The van der Waals surface area contributed by atoms with Gasteiger partial charge in [0.2, 0.25) is 5.91 Å². The Labute approximate surface area is 174 Å². The molecule has 0 aliphatic carbocycles. The molecule has 1 unspecified atom stereocenters. The van der Waals surface area contributed by atoms with E-state index in [1.807, 2.05) is 0 Å². The molecule has 1 atom stereocenters. The van der Waals surface area contributed by atoms with Gasteiger partial charge in [-0.1, -0.05) is 89.4 Å². The van der Waals surface area contributed by atoms with E-state index in [4.69, 9.17) is 11.5 Å². The van der Waals surface area contributed by atoms with Gasteiger partial charge < -0.3 is 11.5 Å². The quantitative estimate of drug-likeness (QED) is 0.233. The zero-order valence-corrected chi connectivity index (χ0v) is 18.4. The van der Waals surface area contributed by atoms with E-state index in [0.717, 1.165) is 38.5 Å². The molecule has 1 amide bonds. The van der Waals surface area contributed by atoms with Crippen molar-refractivity contribution in [2.75, 3.05) is 6.54 Å². The second kappa shape index (κ2) is 21.8. The van der Waals surface area contributed by atoms with Crippen molar-refractivity contribution in [1.82, 2.24) is 0 Å². The summed E-state index contributed by atoms with van der Waals surface area (Å²) in [5.74, 6) is 12.1. The molecule has 3 heteroatoms. The summed E-state index contributed by atoms with van der Waals surface area (Å²) in [6, 6.07) is 0. The Morgan fingerprint density at radius 3 is 1.64 bits per heavy atom. The van der Waals surface area contributed by atoms with Gasteiger partial charge in [0.15, 0.2) is 0 Å². The highest BCUT2D eigenvalue weighted by Gasteiger charge is 2.13. The van der Waals surface area contributed by atoms with Gasteiger partial charge in [-0.05, 0) is 44.1 Å². The van der Waals surface area contributed by atoms with Crippen LogP contribution in [-0.4, -0.2) is 12.5 Å². The first-order chi connectivity index (χ1) is 13.7. The lowest BCUT2D eigenvalue weighted by atomic mass is 9.96. The molecule has 0 aliphatic rings. The molecule has 0 fully saturated rings. The van der Waals surface area contributed by atoms with Crippen molar-refractivity contribution in [1.29, 1.82) is 0 Å². The van der Waals surface area contributed by atoms with Crippen molar-refractivity contribution >= 4 is 5.91 Å². The third-order valence-corrected chi connectivity index (χ3v) is 5.17. The van der Waals surface area contributed by atoms with Gasteiger partial charge in [-0.25, -0.2) is 0 Å². The summed E-state index contributed by atoms with van der Waals surface area (Å²) >= 11 is 0. The van der Waals surface area contributed by atoms with E-state index in [1.165, 1.54) is 64.2 Å². The van der Waals surface area contributed by atoms with Crippen LogP contribution in [0.2, 0.25) is 0 Å². The molecule has 0 heterocycles. The lowest BCUT2D eigenvalue weighted by Crippen LogP contribution is -2.25. The van der Waals surface area contributed by atoms with Crippen LogP contribution < -0.4 is 11.5 Å². The van der Waals surface area contributed by atoms with Gasteiger partial charge in [-0.2, -0.15) is 0 Å². The highest BCUT2D eigenvalue weighted by atomic mass is 16.1. The molecule has 0 spiro atoms. The molecule has 0 aliphatic heterocycles. The number of carbonyl (C=O) groups excluding carboxylic acids is 1. The molecular weight excluding hydrogens is 344 g/mol. The van der Waals surface area contributed by atoms with E-state index in [1.54, 1.807) is 0 Å². The number of hydrogen-bond acceptors (Lipinski definition) is 2. The topological polar surface area (TPSA) is 69.1 Å². The number of amides is 1. The minimum atomic E-state index is -0.204. The van der Waals surface area contributed by atoms with Crippen LogP contribution in [0.25, 0.3) is 0 Å². The standard InChI is InChI=1S/C25H44N2O/c1-2-3-4-5-6-7-8-9-10-11-12-13-14-15-16-17-18-19-20-21-24(22-23-26)25(27)28/h24H,2-10,15-23,26H2,1H3,(H2,27,28). The molecule has 0 saturated heterocycles. The van der Waals surface area contributed by atoms with E-state index in [9.17, 15) is 4.79 Å². The Hall–Kier alpha value is -1.45. The van der Waals surface area contributed by atoms with Gasteiger partial charge in [0.05, 0.1) is 0 Å². The first kappa shape index (κ1) is 26.6. The van der Waals surface area contributed by atoms with Crippen molar-refractivity contribution in [3.8, 4) is 23.7 Å². The molecule has 160 valence electrons. The normalized spacial score (nSPS) is 11.2. The van der Waals surface area contributed by atoms with E-state index in [2.05, 4.69) is 30.6 Å². The third-order valence-electron chi connectivity index (χ3n) is 5.17. The second-order valence-electron chi connectivity index (χ2n) is 7.81. The zero-order valence-electron chi connectivity index (χ0n) is 18.4. The summed E-state index contributed by atoms with van der Waals surface area (Å²) < 4.78 is 0. The predicted octanol–water partition coefficient (Wildman–Crippen LogP) is 5.71. The van der Waals surface area contributed by atoms with Crippen LogP contribution in [0.3, 0.4) is 0 Å². The average Bonchev–Trinajstić information content (AvgIpc) is 2.68. The maximum Gasteiger partial charge on any atom is 0.220 e. The minimum Gasteiger partial charge on any atom is -0.369 e. The molecular formula is C25H44N2O. The second-order valence-corrected chi connectivity index (χ2v) is 7.81. The Balaban J connectivity index is 3.42. The van der Waals surface area contributed by atoms with E-state index in [-0.39, 0.29) is 11.8 Å². The van der Waals surface area contributed by atoms with Crippen molar-refractivity contribution in [2.45, 2.75) is 116 Å². The monoisotopic (exact) mass is 388 g/mol. The Bertz CT molecular complexity index is 478. The fourth-order valence-electron chi connectivity index (χ4n) is 3.33. The van der Waals surface area contributed by atoms with Gasteiger partial charge in [0.25, 0.3) is 0 Å². The summed E-state index contributed by atoms with van der Waals surface area (Å²) in [7, 11) is 0. The van der Waals surface area contributed by atoms with Crippen LogP contribution in [0.1, 0.15) is 116 Å². The average molecular weight is 389 g/mol. The summed E-state index contributed by atoms with van der Waals surface area (Å²) in [5, 5.41) is 0. The molecule has 0 radical (unpaired) electrons. The van der Waals surface area contributed by atoms with Crippen molar-refractivity contribution in [2.24, 2.45) is 17.4 Å². The largest absolute Gasteiger partial charge is 0.369 e. The lowest BCUT2D eigenvalue weighted by molar-refractivity contribution is -0.122. The number of hydrogen-bond donors (Lipinski definition) is 2. The first-order valence-corrected chi connectivity index (χ1v) is 11.7. The highest BCUT2D eigenvalue weighted by molar-refractivity contribution is 5.76. The summed E-state index contributed by atoms with van der Waals surface area (Å²) in [6.07, 6.45) is 20.0. The van der Waals surface area contributed by atoms with Crippen LogP contribution in [-0.2, 0) is 4.79 Å². The number of nitrogens with two attached hydrogens (primary N) is 2. The molecule has 3 nitrogen and oxygen atoms in total. The smallest absolute Gasteiger partial charge is 0.220 e. The van der Waals surface area contributed by atoms with Gasteiger partial charge in [-0.15, -0.1) is 0 Å². The van der Waals surface area contributed by atoms with Gasteiger partial charge >= 0.3 is 0 Å². The summed E-state index contributed by atoms with van der Waals surface area (Å²) in [5.41, 5.74) is 10.9. The molecule has 28 heavy (non-hydrogen) atoms. The molecule has 0 bridgehead atoms. The molecule has 0 saturated carbocycles. The number of unbranched alkanes of at least 4 members (excludes halogenated alkanes) is 13. The maximum atomic E-state index is 11.3. The zero-order chi connectivity index (χ0) is 20.7. The van der Waals surface area contributed by atoms with Crippen molar-refractivity contribution < 1.29 is 4.79 Å². The fourth-order valence-corrected chi connectivity index (χ4v) is 3.33. The van der Waals surface area contributed by atoms with E-state index < -0.39 is 0 Å². The number of rotatable bonds is 18. The van der Waals surface area contributed by atoms with Crippen LogP contribution >= 0.6 is 0 Å². The van der Waals surface area contributed by atoms with Gasteiger partial charge in [0, 0.05) is 18.8 Å². The molecule has 0 rings (SSSR count). The lowest BCUT2D eigenvalue weighted by Gasteiger charge is -2.11. The first-order valence-electron chi connectivity index (χ1n) is 11.7. The van der Waals surface area contributed by atoms with Gasteiger partial charge in [-0.3, -0.25) is 4.79 Å². The van der Waals surface area contributed by atoms with Crippen molar-refractivity contribution in [3.05, 3.63) is 0 Å². The van der Waals surface area contributed by atoms with Gasteiger partial charge in [0.1, 0.15) is 0 Å². The summed E-state index contributed by atoms with van der Waals surface area (Å²) in [6.45, 7) is 2.80. The third kappa shape index (κ3) is 19.3. The Morgan fingerprint density at radius 1 is 0.714 bits per heavy atom. The summed E-state index contributed by atoms with van der Waals surface area (Å²) in [4.78, 5) is 11.3. The van der Waals surface area contributed by atoms with Crippen LogP contribution in [0.4, 0.5) is 0 Å². The SMILES string of the molecule is CCCCCCCCCCC#CC#CCCCCCCCC(CCN)C(N)=O. The molecule has 4 N–H and O–H groups in total. The van der Waals surface area contributed by atoms with Crippen LogP contribution in [0, 0.1) is 29.6 Å². The van der Waals surface area contributed by atoms with E-state index >= 15 is 0 Å². The predicted molar refractivity (Wildman–Crippen MR) is 121 cm³/mol. The number of primary amides is 1. The Morgan fingerprint density at radius 2 is 1.18 bits per heavy atom. The maximum absolute atomic E-state index is 11.3. The van der Waals surface area contributed by atoms with Crippen LogP contribution in [0.15, 0.2) is 0 Å². The minimum absolute atomic E-state index is 0.0414.